The molecule has 0 nitrogen and oxygen atoms in total. The zero-order valence-electron chi connectivity index (χ0n) is 5.82. The Morgan fingerprint density at radius 1 is 1.56 bits per heavy atom. The zero-order chi connectivity index (χ0) is 7.28. The van der Waals surface area contributed by atoms with Gasteiger partial charge in [0.25, 0.3) is 0 Å². The van der Waals surface area contributed by atoms with Gasteiger partial charge in [0.1, 0.15) is 0 Å². The van der Waals surface area contributed by atoms with Crippen LogP contribution in [-0.2, 0) is 0 Å². The van der Waals surface area contributed by atoms with Crippen molar-refractivity contribution in [3.63, 3.8) is 0 Å². The third-order valence-corrected chi connectivity index (χ3v) is 1.20. The molecular formula is C8H11Br. The van der Waals surface area contributed by atoms with Gasteiger partial charge in [-0.3, -0.25) is 0 Å². The van der Waals surface area contributed by atoms with E-state index in [4.69, 9.17) is 0 Å². The quantitative estimate of drug-likeness (QED) is 0.581. The Bertz CT molecular complexity index is 152. The predicted octanol–water partition coefficient (Wildman–Crippen LogP) is 3.42. The first kappa shape index (κ1) is 8.70. The third-order valence-electron chi connectivity index (χ3n) is 0.710. The molecule has 0 aromatic heterocycles. The van der Waals surface area contributed by atoms with E-state index in [1.54, 1.807) is 0 Å². The van der Waals surface area contributed by atoms with Crippen molar-refractivity contribution in [3.8, 4) is 0 Å². The largest absolute Gasteiger partial charge is 0.0961 e. The molecule has 0 atom stereocenters. The summed E-state index contributed by atoms with van der Waals surface area (Å²) in [5.74, 6) is 0. The second-order valence-corrected chi connectivity index (χ2v) is 2.79. The molecule has 9 heavy (non-hydrogen) atoms. The molecule has 0 aromatic rings. The summed E-state index contributed by atoms with van der Waals surface area (Å²) in [7, 11) is 0. The summed E-state index contributed by atoms with van der Waals surface area (Å²) >= 11 is 3.35. The molecule has 0 aliphatic heterocycles. The number of hydrogen-bond donors (Lipinski definition) is 0. The number of allylic oxidation sites excluding steroid dienone is 5. The van der Waals surface area contributed by atoms with E-state index in [1.807, 2.05) is 32.1 Å². The Kier molecular flexibility index (Phi) is 4.41. The SMILES string of the molecule is C=C(C)/C=C(Br)\C=C/C. The average molecular weight is 187 g/mol. The van der Waals surface area contributed by atoms with Gasteiger partial charge < -0.3 is 0 Å². The zero-order valence-corrected chi connectivity index (χ0v) is 7.40. The fraction of sp³-hybridized carbons (Fsp3) is 0.250. The lowest BCUT2D eigenvalue weighted by molar-refractivity contribution is 1.55. The van der Waals surface area contributed by atoms with Crippen LogP contribution in [0.25, 0.3) is 0 Å². The molecule has 0 aromatic carbocycles. The summed E-state index contributed by atoms with van der Waals surface area (Å²) in [6, 6.07) is 0. The fourth-order valence-electron chi connectivity index (χ4n) is 0.443. The van der Waals surface area contributed by atoms with E-state index in [0.717, 1.165) is 10.1 Å². The Morgan fingerprint density at radius 2 is 2.11 bits per heavy atom. The van der Waals surface area contributed by atoms with Crippen molar-refractivity contribution in [2.24, 2.45) is 0 Å². The first-order valence-electron chi connectivity index (χ1n) is 2.82. The molecule has 0 amide bonds. The van der Waals surface area contributed by atoms with E-state index in [2.05, 4.69) is 22.5 Å². The van der Waals surface area contributed by atoms with Crippen LogP contribution in [0, 0.1) is 0 Å². The van der Waals surface area contributed by atoms with Crippen LogP contribution in [0.1, 0.15) is 13.8 Å². The summed E-state index contributed by atoms with van der Waals surface area (Å²) < 4.78 is 1.07. The maximum Gasteiger partial charge on any atom is 0.0174 e. The second-order valence-electron chi connectivity index (χ2n) is 1.88. The van der Waals surface area contributed by atoms with Gasteiger partial charge in [0, 0.05) is 4.48 Å². The van der Waals surface area contributed by atoms with Crippen molar-refractivity contribution in [2.75, 3.05) is 0 Å². The van der Waals surface area contributed by atoms with Crippen molar-refractivity contribution in [1.29, 1.82) is 0 Å². The molecule has 0 aliphatic rings. The minimum absolute atomic E-state index is 1.06. The van der Waals surface area contributed by atoms with Gasteiger partial charge in [-0.2, -0.15) is 0 Å². The number of rotatable bonds is 2. The van der Waals surface area contributed by atoms with Crippen LogP contribution in [0.4, 0.5) is 0 Å². The predicted molar refractivity (Wildman–Crippen MR) is 46.6 cm³/mol. The smallest absolute Gasteiger partial charge is 0.0174 e. The van der Waals surface area contributed by atoms with E-state index < -0.39 is 0 Å². The topological polar surface area (TPSA) is 0 Å². The molecule has 0 aliphatic carbocycles. The van der Waals surface area contributed by atoms with Gasteiger partial charge in [-0.25, -0.2) is 0 Å². The van der Waals surface area contributed by atoms with Crippen LogP contribution in [0.2, 0.25) is 0 Å². The lowest BCUT2D eigenvalue weighted by Gasteiger charge is -1.87. The van der Waals surface area contributed by atoms with Crippen LogP contribution in [-0.4, -0.2) is 0 Å². The average Bonchev–Trinajstić information content (AvgIpc) is 1.63. The molecule has 0 rings (SSSR count). The van der Waals surface area contributed by atoms with Gasteiger partial charge in [0.2, 0.25) is 0 Å². The molecule has 0 saturated heterocycles. The van der Waals surface area contributed by atoms with E-state index in [0.29, 0.717) is 0 Å². The van der Waals surface area contributed by atoms with Gasteiger partial charge in [0.05, 0.1) is 0 Å². The maximum absolute atomic E-state index is 3.74. The molecule has 50 valence electrons. The first-order valence-corrected chi connectivity index (χ1v) is 3.61. The van der Waals surface area contributed by atoms with E-state index in [9.17, 15) is 0 Å². The first-order chi connectivity index (χ1) is 4.16. The van der Waals surface area contributed by atoms with Gasteiger partial charge in [-0.05, 0) is 19.9 Å². The summed E-state index contributed by atoms with van der Waals surface area (Å²) in [6.07, 6.45) is 5.93. The molecule has 0 fully saturated rings. The minimum Gasteiger partial charge on any atom is -0.0961 e. The van der Waals surface area contributed by atoms with Crippen molar-refractivity contribution >= 4 is 15.9 Å². The molecule has 0 bridgehead atoms. The van der Waals surface area contributed by atoms with Crippen LogP contribution >= 0.6 is 15.9 Å². The summed E-state index contributed by atoms with van der Waals surface area (Å²) in [4.78, 5) is 0. The lowest BCUT2D eigenvalue weighted by atomic mass is 10.3. The normalized spacial score (nSPS) is 12.6. The number of hydrogen-bond acceptors (Lipinski definition) is 0. The summed E-state index contributed by atoms with van der Waals surface area (Å²) in [5.41, 5.74) is 1.06. The fourth-order valence-corrected chi connectivity index (χ4v) is 1.10. The Balaban J connectivity index is 4.00. The minimum atomic E-state index is 1.06. The van der Waals surface area contributed by atoms with E-state index in [-0.39, 0.29) is 0 Å². The van der Waals surface area contributed by atoms with Crippen LogP contribution in [0.15, 0.2) is 34.9 Å². The molecule has 0 saturated carbocycles. The Morgan fingerprint density at radius 3 is 2.44 bits per heavy atom. The Labute approximate surface area is 65.1 Å². The molecule has 1 heteroatoms. The highest BCUT2D eigenvalue weighted by atomic mass is 79.9. The third kappa shape index (κ3) is 5.57. The van der Waals surface area contributed by atoms with Gasteiger partial charge in [0.15, 0.2) is 0 Å². The lowest BCUT2D eigenvalue weighted by Crippen LogP contribution is -1.64. The van der Waals surface area contributed by atoms with Crippen molar-refractivity contribution in [1.82, 2.24) is 0 Å². The number of halogens is 1. The van der Waals surface area contributed by atoms with Crippen molar-refractivity contribution < 1.29 is 0 Å². The van der Waals surface area contributed by atoms with Gasteiger partial charge >= 0.3 is 0 Å². The van der Waals surface area contributed by atoms with Gasteiger partial charge in [-0.1, -0.05) is 40.2 Å². The monoisotopic (exact) mass is 186 g/mol. The molecular weight excluding hydrogens is 176 g/mol. The second kappa shape index (κ2) is 4.57. The molecule has 0 unspecified atom stereocenters. The summed E-state index contributed by atoms with van der Waals surface area (Å²) in [6.45, 7) is 7.68. The van der Waals surface area contributed by atoms with Crippen molar-refractivity contribution in [3.05, 3.63) is 34.9 Å². The summed E-state index contributed by atoms with van der Waals surface area (Å²) in [5, 5.41) is 0. The highest BCUT2D eigenvalue weighted by Gasteiger charge is 1.80. The standard InChI is InChI=1S/C8H11Br/c1-4-5-8(9)6-7(2)3/h4-6H,2H2,1,3H3/b5-4-,8-6+. The van der Waals surface area contributed by atoms with E-state index in [1.165, 1.54) is 0 Å². The maximum atomic E-state index is 3.74. The van der Waals surface area contributed by atoms with Gasteiger partial charge in [-0.15, -0.1) is 0 Å². The highest BCUT2D eigenvalue weighted by molar-refractivity contribution is 9.11. The van der Waals surface area contributed by atoms with Crippen LogP contribution in [0.5, 0.6) is 0 Å². The van der Waals surface area contributed by atoms with Crippen LogP contribution in [0.3, 0.4) is 0 Å². The Hall–Kier alpha value is -0.300. The molecule has 0 radical (unpaired) electrons. The van der Waals surface area contributed by atoms with Crippen LogP contribution < -0.4 is 0 Å². The van der Waals surface area contributed by atoms with Crippen molar-refractivity contribution in [2.45, 2.75) is 13.8 Å². The highest BCUT2D eigenvalue weighted by Crippen LogP contribution is 2.08. The van der Waals surface area contributed by atoms with E-state index >= 15 is 0 Å². The molecule has 0 N–H and O–H groups in total. The molecule has 0 spiro atoms. The molecule has 0 heterocycles.